The lowest BCUT2D eigenvalue weighted by Gasteiger charge is -2.32. The van der Waals surface area contributed by atoms with Crippen molar-refractivity contribution in [2.45, 2.75) is 51.0 Å². The molecule has 1 saturated heterocycles. The van der Waals surface area contributed by atoms with Crippen molar-refractivity contribution in [2.24, 2.45) is 17.8 Å². The van der Waals surface area contributed by atoms with Gasteiger partial charge in [-0.15, -0.1) is 0 Å². The summed E-state index contributed by atoms with van der Waals surface area (Å²) in [5, 5.41) is 3.60. The summed E-state index contributed by atoms with van der Waals surface area (Å²) in [5.41, 5.74) is 0. The zero-order valence-electron chi connectivity index (χ0n) is 11.3. The van der Waals surface area contributed by atoms with Crippen molar-refractivity contribution in [3.8, 4) is 0 Å². The van der Waals surface area contributed by atoms with Gasteiger partial charge in [0.25, 0.3) is 0 Å². The molecule has 17 heavy (non-hydrogen) atoms. The fraction of sp³-hybridized carbons (Fsp3) is 1.00. The third-order valence-electron chi connectivity index (χ3n) is 5.55. The maximum Gasteiger partial charge on any atom is 0.0217 e. The van der Waals surface area contributed by atoms with Gasteiger partial charge in [0.05, 0.1) is 0 Å². The molecule has 1 N–H and O–H groups in total. The van der Waals surface area contributed by atoms with Gasteiger partial charge in [0.15, 0.2) is 0 Å². The molecule has 0 aromatic heterocycles. The molecule has 2 saturated carbocycles. The fourth-order valence-corrected chi connectivity index (χ4v) is 4.50. The second-order valence-electron chi connectivity index (χ2n) is 6.73. The van der Waals surface area contributed by atoms with E-state index in [2.05, 4.69) is 17.3 Å². The second-order valence-corrected chi connectivity index (χ2v) is 6.73. The second kappa shape index (κ2) is 5.27. The quantitative estimate of drug-likeness (QED) is 0.810. The van der Waals surface area contributed by atoms with Gasteiger partial charge >= 0.3 is 0 Å². The Morgan fingerprint density at radius 3 is 2.82 bits per heavy atom. The van der Waals surface area contributed by atoms with Crippen molar-refractivity contribution in [2.75, 3.05) is 26.7 Å². The van der Waals surface area contributed by atoms with Crippen LogP contribution in [0.15, 0.2) is 0 Å². The fourth-order valence-electron chi connectivity index (χ4n) is 4.50. The Hall–Kier alpha value is -0.0800. The lowest BCUT2D eigenvalue weighted by Crippen LogP contribution is -2.42. The molecular weight excluding hydrogens is 208 g/mol. The summed E-state index contributed by atoms with van der Waals surface area (Å²) in [7, 11) is 2.36. The molecule has 0 radical (unpaired) electrons. The number of rotatable bonds is 3. The average Bonchev–Trinajstić information content (AvgIpc) is 2.82. The normalized spacial score (nSPS) is 42.0. The maximum absolute atomic E-state index is 3.60. The Morgan fingerprint density at radius 2 is 2.06 bits per heavy atom. The standard InChI is InChI=1S/C15H28N2/c1-17(15-4-2-3-7-16-10-15)11-14-9-12-5-6-13(14)8-12/h12-16H,2-11H2,1H3. The predicted molar refractivity (Wildman–Crippen MR) is 72.1 cm³/mol. The molecular formula is C15H28N2. The third kappa shape index (κ3) is 2.68. The topological polar surface area (TPSA) is 15.3 Å². The highest BCUT2D eigenvalue weighted by molar-refractivity contribution is 4.91. The van der Waals surface area contributed by atoms with Crippen molar-refractivity contribution in [3.05, 3.63) is 0 Å². The van der Waals surface area contributed by atoms with Crippen LogP contribution in [0.3, 0.4) is 0 Å². The summed E-state index contributed by atoms with van der Waals surface area (Å²) in [5.74, 6) is 3.22. The summed E-state index contributed by atoms with van der Waals surface area (Å²) in [6.45, 7) is 3.82. The van der Waals surface area contributed by atoms with E-state index in [9.17, 15) is 0 Å². The van der Waals surface area contributed by atoms with E-state index in [1.54, 1.807) is 6.42 Å². The van der Waals surface area contributed by atoms with Gasteiger partial charge in [-0.2, -0.15) is 0 Å². The Kier molecular flexibility index (Phi) is 3.72. The van der Waals surface area contributed by atoms with Crippen LogP contribution < -0.4 is 5.32 Å². The van der Waals surface area contributed by atoms with E-state index in [0.29, 0.717) is 0 Å². The molecule has 2 heteroatoms. The van der Waals surface area contributed by atoms with Gasteiger partial charge in [-0.3, -0.25) is 0 Å². The number of hydrogen-bond acceptors (Lipinski definition) is 2. The number of fused-ring (bicyclic) bond motifs is 2. The number of likely N-dealkylation sites (N-methyl/N-ethyl adjacent to an activating group) is 1. The monoisotopic (exact) mass is 236 g/mol. The smallest absolute Gasteiger partial charge is 0.0217 e. The van der Waals surface area contributed by atoms with Crippen LogP contribution in [0.25, 0.3) is 0 Å². The van der Waals surface area contributed by atoms with Gasteiger partial charge in [0.1, 0.15) is 0 Å². The van der Waals surface area contributed by atoms with E-state index >= 15 is 0 Å². The first-order valence-corrected chi connectivity index (χ1v) is 7.74. The van der Waals surface area contributed by atoms with Gasteiger partial charge in [-0.25, -0.2) is 0 Å². The van der Waals surface area contributed by atoms with Crippen LogP contribution in [0.2, 0.25) is 0 Å². The largest absolute Gasteiger partial charge is 0.315 e. The van der Waals surface area contributed by atoms with Crippen LogP contribution in [0, 0.1) is 17.8 Å². The highest BCUT2D eigenvalue weighted by Gasteiger charge is 2.40. The maximum atomic E-state index is 3.60. The van der Waals surface area contributed by atoms with Crippen LogP contribution in [0.4, 0.5) is 0 Å². The SMILES string of the molecule is CN(CC1CC2CCC1C2)C1CCCCNC1. The van der Waals surface area contributed by atoms with Crippen molar-refractivity contribution >= 4 is 0 Å². The van der Waals surface area contributed by atoms with E-state index in [0.717, 1.165) is 23.8 Å². The van der Waals surface area contributed by atoms with Crippen LogP contribution in [0.5, 0.6) is 0 Å². The van der Waals surface area contributed by atoms with Crippen molar-refractivity contribution in [1.29, 1.82) is 0 Å². The predicted octanol–water partition coefficient (Wildman–Crippen LogP) is 2.50. The van der Waals surface area contributed by atoms with E-state index in [1.807, 2.05) is 0 Å². The summed E-state index contributed by atoms with van der Waals surface area (Å²) in [4.78, 5) is 2.67. The van der Waals surface area contributed by atoms with Crippen molar-refractivity contribution < 1.29 is 0 Å². The van der Waals surface area contributed by atoms with E-state index in [1.165, 1.54) is 58.2 Å². The van der Waals surface area contributed by atoms with Gasteiger partial charge in [0.2, 0.25) is 0 Å². The Balaban J connectivity index is 1.50. The molecule has 2 bridgehead atoms. The zero-order valence-corrected chi connectivity index (χ0v) is 11.3. The molecule has 2 aliphatic carbocycles. The van der Waals surface area contributed by atoms with Gasteiger partial charge < -0.3 is 10.2 Å². The molecule has 4 unspecified atom stereocenters. The van der Waals surface area contributed by atoms with Crippen LogP contribution in [-0.4, -0.2) is 37.6 Å². The molecule has 0 aromatic carbocycles. The van der Waals surface area contributed by atoms with Crippen LogP contribution in [0.1, 0.15) is 44.9 Å². The van der Waals surface area contributed by atoms with Crippen LogP contribution >= 0.6 is 0 Å². The molecule has 3 rings (SSSR count). The minimum atomic E-state index is 0.802. The van der Waals surface area contributed by atoms with E-state index in [4.69, 9.17) is 0 Å². The molecule has 0 spiro atoms. The van der Waals surface area contributed by atoms with Crippen molar-refractivity contribution in [3.63, 3.8) is 0 Å². The molecule has 3 aliphatic rings. The first kappa shape index (κ1) is 12.0. The molecule has 2 nitrogen and oxygen atoms in total. The number of nitrogens with zero attached hydrogens (tertiary/aromatic N) is 1. The molecule has 0 amide bonds. The molecule has 4 atom stereocenters. The van der Waals surface area contributed by atoms with Gasteiger partial charge in [-0.1, -0.05) is 12.8 Å². The van der Waals surface area contributed by atoms with E-state index < -0.39 is 0 Å². The lowest BCUT2D eigenvalue weighted by molar-refractivity contribution is 0.166. The summed E-state index contributed by atoms with van der Waals surface area (Å²) in [6.07, 6.45) is 10.4. The van der Waals surface area contributed by atoms with Gasteiger partial charge in [0, 0.05) is 19.1 Å². The minimum absolute atomic E-state index is 0.802. The van der Waals surface area contributed by atoms with Gasteiger partial charge in [-0.05, 0) is 63.5 Å². The minimum Gasteiger partial charge on any atom is -0.315 e. The highest BCUT2D eigenvalue weighted by atomic mass is 15.2. The highest BCUT2D eigenvalue weighted by Crippen LogP contribution is 2.48. The summed E-state index contributed by atoms with van der Waals surface area (Å²) < 4.78 is 0. The molecule has 1 heterocycles. The molecule has 98 valence electrons. The zero-order chi connectivity index (χ0) is 11.7. The molecule has 3 fully saturated rings. The number of nitrogens with one attached hydrogen (secondary N) is 1. The Labute approximate surface area is 106 Å². The van der Waals surface area contributed by atoms with Crippen LogP contribution in [-0.2, 0) is 0 Å². The molecule has 0 aromatic rings. The average molecular weight is 236 g/mol. The summed E-state index contributed by atoms with van der Waals surface area (Å²) in [6, 6.07) is 0.802. The Morgan fingerprint density at radius 1 is 1.12 bits per heavy atom. The summed E-state index contributed by atoms with van der Waals surface area (Å²) >= 11 is 0. The Bertz CT molecular complexity index is 245. The first-order valence-electron chi connectivity index (χ1n) is 7.74. The first-order chi connectivity index (χ1) is 8.33. The van der Waals surface area contributed by atoms with E-state index in [-0.39, 0.29) is 0 Å². The van der Waals surface area contributed by atoms with Crippen molar-refractivity contribution in [1.82, 2.24) is 10.2 Å². The third-order valence-corrected chi connectivity index (χ3v) is 5.55. The lowest BCUT2D eigenvalue weighted by atomic mass is 9.88. The molecule has 1 aliphatic heterocycles. The number of hydrogen-bond donors (Lipinski definition) is 1.